The average Bonchev–Trinajstić information content (AvgIpc) is 2.65. The number of carbonyl (C=O) groups excluding carboxylic acids is 2. The molecule has 27 heavy (non-hydrogen) atoms. The van der Waals surface area contributed by atoms with E-state index in [0.29, 0.717) is 23.0 Å². The first-order valence-corrected chi connectivity index (χ1v) is 9.61. The Balaban J connectivity index is 1.92. The van der Waals surface area contributed by atoms with Crippen molar-refractivity contribution in [2.75, 3.05) is 11.4 Å². The molecule has 6 heteroatoms. The highest BCUT2D eigenvalue weighted by Gasteiger charge is 2.30. The van der Waals surface area contributed by atoms with E-state index in [-0.39, 0.29) is 11.8 Å². The van der Waals surface area contributed by atoms with Crippen molar-refractivity contribution in [2.45, 2.75) is 18.4 Å². The van der Waals surface area contributed by atoms with Crippen LogP contribution < -0.4 is 10.2 Å². The van der Waals surface area contributed by atoms with Gasteiger partial charge < -0.3 is 10.2 Å². The number of rotatable bonds is 5. The first-order valence-electron chi connectivity index (χ1n) is 8.42. The molecule has 1 aliphatic rings. The van der Waals surface area contributed by atoms with Gasteiger partial charge in [-0.05, 0) is 30.7 Å². The highest BCUT2D eigenvalue weighted by molar-refractivity contribution is 8.04. The van der Waals surface area contributed by atoms with E-state index in [2.05, 4.69) is 11.9 Å². The summed E-state index contributed by atoms with van der Waals surface area (Å²) in [5.41, 5.74) is 2.50. The fourth-order valence-electron chi connectivity index (χ4n) is 2.62. The highest BCUT2D eigenvalue weighted by Crippen LogP contribution is 2.42. The van der Waals surface area contributed by atoms with Crippen LogP contribution >= 0.6 is 23.4 Å². The van der Waals surface area contributed by atoms with Crippen molar-refractivity contribution in [2.24, 2.45) is 0 Å². The Bertz CT molecular complexity index is 939. The second-order valence-electron chi connectivity index (χ2n) is 6.24. The second kappa shape index (κ2) is 8.46. The highest BCUT2D eigenvalue weighted by atomic mass is 35.5. The molecular weight excluding hydrogens is 380 g/mol. The van der Waals surface area contributed by atoms with E-state index in [1.165, 1.54) is 17.8 Å². The summed E-state index contributed by atoms with van der Waals surface area (Å²) in [6.45, 7) is 6.30. The molecule has 0 fully saturated rings. The van der Waals surface area contributed by atoms with Crippen molar-refractivity contribution in [1.82, 2.24) is 5.32 Å². The zero-order valence-corrected chi connectivity index (χ0v) is 16.4. The van der Waals surface area contributed by atoms with E-state index in [1.54, 1.807) is 11.0 Å². The Morgan fingerprint density at radius 1 is 1.22 bits per heavy atom. The van der Waals surface area contributed by atoms with Crippen LogP contribution in [0.25, 0.3) is 0 Å². The van der Waals surface area contributed by atoms with Crippen molar-refractivity contribution in [1.29, 1.82) is 0 Å². The summed E-state index contributed by atoms with van der Waals surface area (Å²) in [6.07, 6.45) is 1.35. The maximum Gasteiger partial charge on any atom is 0.265 e. The monoisotopic (exact) mass is 398 g/mol. The molecule has 4 nitrogen and oxygen atoms in total. The summed E-state index contributed by atoms with van der Waals surface area (Å²) < 4.78 is 0. The van der Waals surface area contributed by atoms with Crippen LogP contribution in [0.3, 0.4) is 0 Å². The van der Waals surface area contributed by atoms with Crippen LogP contribution in [0.5, 0.6) is 0 Å². The molecule has 0 aromatic heterocycles. The maximum atomic E-state index is 13.1. The average molecular weight is 399 g/mol. The summed E-state index contributed by atoms with van der Waals surface area (Å²) in [5, 5.41) is 3.33. The molecule has 1 heterocycles. The quantitative estimate of drug-likeness (QED) is 0.593. The van der Waals surface area contributed by atoms with Crippen LogP contribution in [0.2, 0.25) is 5.02 Å². The number of hydrogen-bond donors (Lipinski definition) is 1. The molecule has 1 N–H and O–H groups in total. The van der Waals surface area contributed by atoms with Crippen LogP contribution in [0.15, 0.2) is 76.6 Å². The Labute approximate surface area is 167 Å². The topological polar surface area (TPSA) is 49.4 Å². The SMILES string of the molecule is C=C(C)CNC(=O)C=C1Sc2ccccc2N(Cc2ccccc2Cl)C1=O. The van der Waals surface area contributed by atoms with Crippen LogP contribution in [0, 0.1) is 0 Å². The standard InChI is InChI=1S/C21H19ClN2O2S/c1-14(2)12-23-20(25)11-19-21(26)24(13-15-7-3-4-8-16(15)22)17-9-5-6-10-18(17)27-19/h3-11H,1,12-13H2,2H3,(H,23,25). The third kappa shape index (κ3) is 4.62. The van der Waals surface area contributed by atoms with Gasteiger partial charge in [0.2, 0.25) is 5.91 Å². The molecule has 2 aromatic rings. The number of benzene rings is 2. The predicted octanol–water partition coefficient (Wildman–Crippen LogP) is 4.56. The predicted molar refractivity (Wildman–Crippen MR) is 111 cm³/mol. The summed E-state index contributed by atoms with van der Waals surface area (Å²) in [6, 6.07) is 15.1. The van der Waals surface area contributed by atoms with Gasteiger partial charge in [-0.3, -0.25) is 9.59 Å². The van der Waals surface area contributed by atoms with Crippen molar-refractivity contribution < 1.29 is 9.59 Å². The largest absolute Gasteiger partial charge is 0.349 e. The minimum atomic E-state index is -0.314. The number of halogens is 1. The molecule has 2 amide bonds. The molecule has 1 aliphatic heterocycles. The molecule has 0 unspecified atom stereocenters. The van der Waals surface area contributed by atoms with Crippen molar-refractivity contribution in [3.05, 3.63) is 82.3 Å². The third-order valence-electron chi connectivity index (χ3n) is 3.94. The Morgan fingerprint density at radius 3 is 2.67 bits per heavy atom. The molecule has 0 saturated heterocycles. The first kappa shape index (κ1) is 19.3. The zero-order chi connectivity index (χ0) is 19.4. The van der Waals surface area contributed by atoms with Crippen LogP contribution in [0.1, 0.15) is 12.5 Å². The number of hydrogen-bond acceptors (Lipinski definition) is 3. The number of anilines is 1. The van der Waals surface area contributed by atoms with Gasteiger partial charge >= 0.3 is 0 Å². The number of para-hydroxylation sites is 1. The maximum absolute atomic E-state index is 13.1. The lowest BCUT2D eigenvalue weighted by Gasteiger charge is -2.30. The van der Waals surface area contributed by atoms with E-state index >= 15 is 0 Å². The van der Waals surface area contributed by atoms with Gasteiger partial charge in [-0.15, -0.1) is 0 Å². The van der Waals surface area contributed by atoms with Crippen molar-refractivity contribution >= 4 is 40.9 Å². The van der Waals surface area contributed by atoms with Gasteiger partial charge in [0, 0.05) is 22.5 Å². The molecule has 0 saturated carbocycles. The van der Waals surface area contributed by atoms with Crippen molar-refractivity contribution in [3.8, 4) is 0 Å². The lowest BCUT2D eigenvalue weighted by Crippen LogP contribution is -2.34. The van der Waals surface area contributed by atoms with Crippen LogP contribution in [-0.2, 0) is 16.1 Å². The Hall–Kier alpha value is -2.50. The Morgan fingerprint density at radius 2 is 1.93 bits per heavy atom. The van der Waals surface area contributed by atoms with Gasteiger partial charge in [-0.1, -0.05) is 65.8 Å². The second-order valence-corrected chi connectivity index (χ2v) is 7.73. The van der Waals surface area contributed by atoms with E-state index in [1.807, 2.05) is 49.4 Å². The van der Waals surface area contributed by atoms with Gasteiger partial charge in [0.25, 0.3) is 5.91 Å². The lowest BCUT2D eigenvalue weighted by atomic mass is 10.1. The molecule has 2 aromatic carbocycles. The van der Waals surface area contributed by atoms with E-state index in [0.717, 1.165) is 21.7 Å². The lowest BCUT2D eigenvalue weighted by molar-refractivity contribution is -0.117. The summed E-state index contributed by atoms with van der Waals surface area (Å²) >= 11 is 7.58. The first-order chi connectivity index (χ1) is 13.0. The van der Waals surface area contributed by atoms with E-state index in [4.69, 9.17) is 11.6 Å². The summed E-state index contributed by atoms with van der Waals surface area (Å²) in [5.74, 6) is -0.532. The molecule has 3 rings (SSSR count). The van der Waals surface area contributed by atoms with Crippen molar-refractivity contribution in [3.63, 3.8) is 0 Å². The van der Waals surface area contributed by atoms with E-state index < -0.39 is 0 Å². The number of amides is 2. The molecule has 0 atom stereocenters. The van der Waals surface area contributed by atoms with Gasteiger partial charge in [0.05, 0.1) is 17.1 Å². The number of nitrogens with zero attached hydrogens (tertiary/aromatic N) is 1. The molecular formula is C21H19ClN2O2S. The van der Waals surface area contributed by atoms with Crippen LogP contribution in [0.4, 0.5) is 5.69 Å². The number of carbonyl (C=O) groups is 2. The minimum Gasteiger partial charge on any atom is -0.349 e. The molecule has 0 aliphatic carbocycles. The third-order valence-corrected chi connectivity index (χ3v) is 5.39. The number of thioether (sulfide) groups is 1. The Kier molecular flexibility index (Phi) is 6.04. The van der Waals surface area contributed by atoms with Gasteiger partial charge in [0.1, 0.15) is 0 Å². The smallest absolute Gasteiger partial charge is 0.265 e. The molecule has 0 spiro atoms. The normalized spacial score (nSPS) is 14.8. The fourth-order valence-corrected chi connectivity index (χ4v) is 3.85. The summed E-state index contributed by atoms with van der Waals surface area (Å²) in [4.78, 5) is 28.2. The molecule has 0 bridgehead atoms. The van der Waals surface area contributed by atoms with Crippen LogP contribution in [-0.4, -0.2) is 18.4 Å². The van der Waals surface area contributed by atoms with Gasteiger partial charge in [-0.2, -0.15) is 0 Å². The molecule has 138 valence electrons. The minimum absolute atomic E-state index is 0.218. The van der Waals surface area contributed by atoms with E-state index in [9.17, 15) is 9.59 Å². The fraction of sp³-hybridized carbons (Fsp3) is 0.143. The summed E-state index contributed by atoms with van der Waals surface area (Å²) in [7, 11) is 0. The number of nitrogens with one attached hydrogen (secondary N) is 1. The van der Waals surface area contributed by atoms with Gasteiger partial charge in [-0.25, -0.2) is 0 Å². The zero-order valence-electron chi connectivity index (χ0n) is 14.9. The number of fused-ring (bicyclic) bond motifs is 1. The molecule has 0 radical (unpaired) electrons. The van der Waals surface area contributed by atoms with Gasteiger partial charge in [0.15, 0.2) is 0 Å².